The van der Waals surface area contributed by atoms with Crippen LogP contribution < -0.4 is 11.1 Å². The number of likely N-dealkylation sites (tertiary alicyclic amines) is 1. The molecule has 4 N–H and O–H groups in total. The highest BCUT2D eigenvalue weighted by atomic mass is 16.5. The molecule has 2 heterocycles. The molecule has 3 aromatic carbocycles. The van der Waals surface area contributed by atoms with Crippen molar-refractivity contribution in [3.63, 3.8) is 0 Å². The van der Waals surface area contributed by atoms with Crippen molar-refractivity contribution in [3.05, 3.63) is 102 Å². The summed E-state index contributed by atoms with van der Waals surface area (Å²) >= 11 is 0. The van der Waals surface area contributed by atoms with E-state index in [1.54, 1.807) is 0 Å². The minimum absolute atomic E-state index is 0.0460. The van der Waals surface area contributed by atoms with Crippen molar-refractivity contribution in [2.45, 2.75) is 50.1 Å². The first kappa shape index (κ1) is 27.7. The van der Waals surface area contributed by atoms with Crippen LogP contribution in [0.25, 0.3) is 22.4 Å². The van der Waals surface area contributed by atoms with Crippen molar-refractivity contribution in [3.8, 4) is 22.4 Å². The van der Waals surface area contributed by atoms with Crippen molar-refractivity contribution < 1.29 is 14.3 Å². The molecule has 0 spiro atoms. The van der Waals surface area contributed by atoms with Gasteiger partial charge in [-0.2, -0.15) is 0 Å². The number of nitrogens with one attached hydrogen (secondary N) is 2. The van der Waals surface area contributed by atoms with Gasteiger partial charge in [-0.15, -0.1) is 0 Å². The molecule has 1 aliphatic heterocycles. The Morgan fingerprint density at radius 3 is 2.38 bits per heavy atom. The lowest BCUT2D eigenvalue weighted by Crippen LogP contribution is -2.48. The predicted molar refractivity (Wildman–Crippen MR) is 163 cm³/mol. The molecule has 4 aromatic rings. The largest absolute Gasteiger partial charge is 0.449 e. The maximum Gasteiger partial charge on any atom is 0.407 e. The van der Waals surface area contributed by atoms with Gasteiger partial charge >= 0.3 is 6.09 Å². The van der Waals surface area contributed by atoms with E-state index in [-0.39, 0.29) is 24.5 Å². The monoisotopic (exact) mass is 563 g/mol. The van der Waals surface area contributed by atoms with Gasteiger partial charge in [0.2, 0.25) is 5.91 Å². The summed E-state index contributed by atoms with van der Waals surface area (Å²) in [7, 11) is 0. The molecule has 6 rings (SSSR count). The molecule has 216 valence electrons. The van der Waals surface area contributed by atoms with Crippen molar-refractivity contribution in [1.29, 1.82) is 0 Å². The van der Waals surface area contributed by atoms with Crippen LogP contribution in [0.1, 0.15) is 61.0 Å². The topological polar surface area (TPSA) is 113 Å². The van der Waals surface area contributed by atoms with E-state index in [0.717, 1.165) is 53.9 Å². The van der Waals surface area contributed by atoms with Crippen LogP contribution in [0.5, 0.6) is 0 Å². The Labute approximate surface area is 246 Å². The number of aromatic nitrogens is 2. The molecule has 8 nitrogen and oxygen atoms in total. The second-order valence-corrected chi connectivity index (χ2v) is 11.0. The van der Waals surface area contributed by atoms with Gasteiger partial charge < -0.3 is 25.7 Å². The highest BCUT2D eigenvalue weighted by molar-refractivity contribution is 5.86. The Hall–Kier alpha value is -4.43. The lowest BCUT2D eigenvalue weighted by Gasteiger charge is -2.28. The minimum Gasteiger partial charge on any atom is -0.449 e. The number of rotatable bonds is 10. The molecule has 2 amide bonds. The van der Waals surface area contributed by atoms with Gasteiger partial charge in [0, 0.05) is 12.5 Å². The second-order valence-electron chi connectivity index (χ2n) is 11.0. The molecule has 8 heteroatoms. The molecule has 0 bridgehead atoms. The van der Waals surface area contributed by atoms with E-state index in [9.17, 15) is 9.59 Å². The van der Waals surface area contributed by atoms with Crippen molar-refractivity contribution in [2.24, 2.45) is 5.73 Å². The molecule has 1 saturated heterocycles. The third kappa shape index (κ3) is 5.67. The molecule has 42 heavy (non-hydrogen) atoms. The summed E-state index contributed by atoms with van der Waals surface area (Å²) in [5.41, 5.74) is 12.3. The summed E-state index contributed by atoms with van der Waals surface area (Å²) in [5, 5.41) is 2.90. The number of amides is 2. The molecule has 0 unspecified atom stereocenters. The fraction of sp³-hybridized carbons (Fsp3) is 0.324. The summed E-state index contributed by atoms with van der Waals surface area (Å²) in [5.74, 6) is 0.609. The van der Waals surface area contributed by atoms with Crippen LogP contribution in [0.4, 0.5) is 4.79 Å². The maximum atomic E-state index is 13.9. The average Bonchev–Trinajstić information content (AvgIpc) is 3.78. The van der Waals surface area contributed by atoms with Crippen LogP contribution in [0, 0.1) is 0 Å². The number of carbonyl (C=O) groups excluding carboxylic acids is 2. The Morgan fingerprint density at radius 2 is 1.67 bits per heavy atom. The smallest absolute Gasteiger partial charge is 0.407 e. The summed E-state index contributed by atoms with van der Waals surface area (Å²) in [6, 6.07) is 25.6. The fourth-order valence-corrected chi connectivity index (χ4v) is 6.32. The summed E-state index contributed by atoms with van der Waals surface area (Å²) < 4.78 is 5.79. The standard InChI is InChI=1S/C34H37N5O3/c35-19-9-8-17-29(33(40)39-20-10-18-31(39)32-36-21-30(37-32)23-11-2-1-3-12-23)38-34(41)42-22-28-26-15-6-4-13-24(26)25-14-5-7-16-27(25)28/h1-7,11-16,21,28-29,31H,8-10,17-20,22,35H2,(H,36,37)(H,38,41)/t29-,31-/m0/s1. The van der Waals surface area contributed by atoms with Gasteiger partial charge in [0.1, 0.15) is 18.5 Å². The molecular formula is C34H37N5O3. The number of imidazole rings is 1. The Bertz CT molecular complexity index is 1490. The summed E-state index contributed by atoms with van der Waals surface area (Å²) in [4.78, 5) is 37.0. The van der Waals surface area contributed by atoms with Crippen molar-refractivity contribution in [1.82, 2.24) is 20.2 Å². The Kier molecular flexibility index (Phi) is 8.33. The van der Waals surface area contributed by atoms with E-state index < -0.39 is 12.1 Å². The van der Waals surface area contributed by atoms with Crippen LogP contribution in [0.2, 0.25) is 0 Å². The molecule has 0 radical (unpaired) electrons. The number of alkyl carbamates (subject to hydrolysis) is 1. The van der Waals surface area contributed by atoms with Crippen LogP contribution in [-0.4, -0.2) is 52.6 Å². The maximum absolute atomic E-state index is 13.9. The van der Waals surface area contributed by atoms with Gasteiger partial charge in [0.15, 0.2) is 0 Å². The highest BCUT2D eigenvalue weighted by Crippen LogP contribution is 2.44. The summed E-state index contributed by atoms with van der Waals surface area (Å²) in [6.07, 6.45) is 4.93. The highest BCUT2D eigenvalue weighted by Gasteiger charge is 2.36. The van der Waals surface area contributed by atoms with Gasteiger partial charge in [0.25, 0.3) is 0 Å². The van der Waals surface area contributed by atoms with Crippen molar-refractivity contribution >= 4 is 12.0 Å². The van der Waals surface area contributed by atoms with Crippen LogP contribution in [0.3, 0.4) is 0 Å². The molecule has 0 saturated carbocycles. The number of H-pyrrole nitrogens is 1. The van der Waals surface area contributed by atoms with Crippen LogP contribution in [0.15, 0.2) is 85.1 Å². The Morgan fingerprint density at radius 1 is 0.976 bits per heavy atom. The lowest BCUT2D eigenvalue weighted by molar-refractivity contribution is -0.134. The van der Waals surface area contributed by atoms with Crippen molar-refractivity contribution in [2.75, 3.05) is 19.7 Å². The zero-order valence-corrected chi connectivity index (χ0v) is 23.7. The van der Waals surface area contributed by atoms with Crippen LogP contribution >= 0.6 is 0 Å². The van der Waals surface area contributed by atoms with Crippen LogP contribution in [-0.2, 0) is 9.53 Å². The molecule has 1 aliphatic carbocycles. The van der Waals surface area contributed by atoms with E-state index in [1.165, 1.54) is 11.1 Å². The van der Waals surface area contributed by atoms with E-state index in [4.69, 9.17) is 10.5 Å². The fourth-order valence-electron chi connectivity index (χ4n) is 6.32. The molecular weight excluding hydrogens is 526 g/mol. The SMILES string of the molecule is NCCCC[C@H](NC(=O)OCC1c2ccccc2-c2ccccc21)C(=O)N1CCC[C@H]1c1ncc(-c2ccccc2)[nH]1. The van der Waals surface area contributed by atoms with Gasteiger partial charge in [0.05, 0.1) is 17.9 Å². The van der Waals surface area contributed by atoms with E-state index in [0.29, 0.717) is 19.5 Å². The third-order valence-electron chi connectivity index (χ3n) is 8.41. The third-order valence-corrected chi connectivity index (χ3v) is 8.41. The number of hydrogen-bond acceptors (Lipinski definition) is 5. The first-order valence-corrected chi connectivity index (χ1v) is 14.9. The number of unbranched alkanes of at least 4 members (excludes halogenated alkanes) is 1. The van der Waals surface area contributed by atoms with E-state index in [2.05, 4.69) is 39.6 Å². The second kappa shape index (κ2) is 12.6. The Balaban J connectivity index is 1.14. The normalized spacial score (nSPS) is 16.6. The molecule has 2 atom stereocenters. The number of ether oxygens (including phenoxy) is 1. The first-order chi connectivity index (χ1) is 20.6. The quantitative estimate of drug-likeness (QED) is 0.212. The number of benzene rings is 3. The van der Waals surface area contributed by atoms with E-state index >= 15 is 0 Å². The summed E-state index contributed by atoms with van der Waals surface area (Å²) in [6.45, 7) is 1.35. The lowest BCUT2D eigenvalue weighted by atomic mass is 9.98. The minimum atomic E-state index is -0.698. The zero-order chi connectivity index (χ0) is 28.9. The first-order valence-electron chi connectivity index (χ1n) is 14.9. The number of fused-ring (bicyclic) bond motifs is 3. The number of carbonyl (C=O) groups is 2. The van der Waals surface area contributed by atoms with Gasteiger partial charge in [-0.1, -0.05) is 78.9 Å². The predicted octanol–water partition coefficient (Wildman–Crippen LogP) is 5.78. The average molecular weight is 564 g/mol. The number of hydrogen-bond donors (Lipinski definition) is 3. The van der Waals surface area contributed by atoms with Gasteiger partial charge in [-0.25, -0.2) is 9.78 Å². The molecule has 1 fully saturated rings. The molecule has 2 aliphatic rings. The molecule has 1 aromatic heterocycles. The number of nitrogens with two attached hydrogens (primary N) is 1. The van der Waals surface area contributed by atoms with E-state index in [1.807, 2.05) is 65.7 Å². The number of nitrogens with zero attached hydrogens (tertiary/aromatic N) is 2. The zero-order valence-electron chi connectivity index (χ0n) is 23.7. The van der Waals surface area contributed by atoms with Gasteiger partial charge in [-0.05, 0) is 66.5 Å². The number of aromatic amines is 1. The van der Waals surface area contributed by atoms with Gasteiger partial charge in [-0.3, -0.25) is 4.79 Å².